The number of carbonyl (C=O) groups excluding carboxylic acids is 1. The van der Waals surface area contributed by atoms with Crippen molar-refractivity contribution >= 4 is 17.5 Å². The van der Waals surface area contributed by atoms with Crippen molar-refractivity contribution < 1.29 is 4.79 Å². The van der Waals surface area contributed by atoms with Crippen molar-refractivity contribution in [2.75, 3.05) is 56.0 Å². The van der Waals surface area contributed by atoms with Gasteiger partial charge < -0.3 is 20.0 Å². The summed E-state index contributed by atoms with van der Waals surface area (Å²) < 4.78 is 0. The summed E-state index contributed by atoms with van der Waals surface area (Å²) in [5.41, 5.74) is 0.322. The van der Waals surface area contributed by atoms with Crippen LogP contribution in [0.3, 0.4) is 0 Å². The van der Waals surface area contributed by atoms with Crippen molar-refractivity contribution in [1.82, 2.24) is 19.8 Å². The highest BCUT2D eigenvalue weighted by Crippen LogP contribution is 2.49. The molecule has 3 aliphatic rings. The topological polar surface area (TPSA) is 64.6 Å². The summed E-state index contributed by atoms with van der Waals surface area (Å²) in [5.74, 6) is 1.97. The second-order valence-electron chi connectivity index (χ2n) is 7.83. The zero-order chi connectivity index (χ0) is 18.1. The van der Waals surface area contributed by atoms with Crippen LogP contribution in [0, 0.1) is 5.41 Å². The number of piperazine rings is 1. The number of nitrogens with one attached hydrogen (secondary N) is 1. The summed E-state index contributed by atoms with van der Waals surface area (Å²) in [6.07, 6.45) is 5.26. The van der Waals surface area contributed by atoms with Crippen LogP contribution in [-0.2, 0) is 4.79 Å². The van der Waals surface area contributed by atoms with Gasteiger partial charge in [0.15, 0.2) is 0 Å². The molecule has 140 valence electrons. The number of anilines is 2. The highest BCUT2D eigenvalue weighted by Gasteiger charge is 2.53. The fourth-order valence-electron chi connectivity index (χ4n) is 4.50. The number of likely N-dealkylation sites (N-methyl/N-ethyl adjacent to an activating group) is 1. The van der Waals surface area contributed by atoms with Gasteiger partial charge in [-0.1, -0.05) is 13.5 Å². The number of rotatable bonds is 5. The second kappa shape index (κ2) is 6.87. The van der Waals surface area contributed by atoms with Gasteiger partial charge in [0.05, 0.1) is 0 Å². The van der Waals surface area contributed by atoms with E-state index in [2.05, 4.69) is 44.7 Å². The van der Waals surface area contributed by atoms with Gasteiger partial charge in [-0.3, -0.25) is 4.79 Å². The number of nitrogens with zero attached hydrogens (tertiary/aromatic N) is 5. The Labute approximate surface area is 155 Å². The van der Waals surface area contributed by atoms with E-state index in [4.69, 9.17) is 0 Å². The fraction of sp³-hybridized carbons (Fsp3) is 0.632. The molecule has 1 N–H and O–H groups in total. The SMILES string of the molecule is C=CC(=O)N1CC2(CC(Nc3cc(N4CCN(CC)CC4)ncn3)C2)C1. The van der Waals surface area contributed by atoms with Crippen LogP contribution in [0.2, 0.25) is 0 Å². The van der Waals surface area contributed by atoms with Crippen LogP contribution in [0.4, 0.5) is 11.6 Å². The summed E-state index contributed by atoms with van der Waals surface area (Å²) >= 11 is 0. The quantitative estimate of drug-likeness (QED) is 0.800. The molecule has 26 heavy (non-hydrogen) atoms. The van der Waals surface area contributed by atoms with E-state index < -0.39 is 0 Å². The Hall–Kier alpha value is -2.15. The monoisotopic (exact) mass is 356 g/mol. The largest absolute Gasteiger partial charge is 0.367 e. The first-order valence-corrected chi connectivity index (χ1v) is 9.58. The molecule has 2 aliphatic heterocycles. The Kier molecular flexibility index (Phi) is 4.56. The highest BCUT2D eigenvalue weighted by atomic mass is 16.2. The van der Waals surface area contributed by atoms with Gasteiger partial charge in [0.2, 0.25) is 5.91 Å². The van der Waals surface area contributed by atoms with Gasteiger partial charge in [-0.05, 0) is 25.5 Å². The number of hydrogen-bond donors (Lipinski definition) is 1. The normalized spacial score (nSPS) is 22.7. The van der Waals surface area contributed by atoms with E-state index in [1.807, 2.05) is 4.90 Å². The van der Waals surface area contributed by atoms with Crippen molar-refractivity contribution in [3.05, 3.63) is 25.0 Å². The molecule has 1 aromatic heterocycles. The molecule has 0 unspecified atom stereocenters. The first-order chi connectivity index (χ1) is 12.6. The number of amides is 1. The van der Waals surface area contributed by atoms with Crippen LogP contribution in [0.25, 0.3) is 0 Å². The molecule has 0 aromatic carbocycles. The molecular weight excluding hydrogens is 328 g/mol. The maximum absolute atomic E-state index is 11.6. The summed E-state index contributed by atoms with van der Waals surface area (Å²) in [4.78, 5) is 27.1. The third-order valence-electron chi connectivity index (χ3n) is 6.05. The van der Waals surface area contributed by atoms with Gasteiger partial charge in [0.25, 0.3) is 0 Å². The van der Waals surface area contributed by atoms with Crippen LogP contribution in [0.15, 0.2) is 25.0 Å². The van der Waals surface area contributed by atoms with E-state index in [1.54, 1.807) is 6.33 Å². The molecule has 0 bridgehead atoms. The molecule has 1 aromatic rings. The van der Waals surface area contributed by atoms with Gasteiger partial charge >= 0.3 is 0 Å². The molecule has 1 aliphatic carbocycles. The zero-order valence-corrected chi connectivity index (χ0v) is 15.5. The first kappa shape index (κ1) is 17.3. The maximum Gasteiger partial charge on any atom is 0.245 e. The minimum atomic E-state index is 0.0515. The molecule has 2 saturated heterocycles. The van der Waals surface area contributed by atoms with Crippen LogP contribution < -0.4 is 10.2 Å². The Morgan fingerprint density at radius 2 is 2.04 bits per heavy atom. The number of likely N-dealkylation sites (tertiary alicyclic amines) is 1. The van der Waals surface area contributed by atoms with Gasteiger partial charge in [0, 0.05) is 56.8 Å². The third kappa shape index (κ3) is 3.28. The van der Waals surface area contributed by atoms with Crippen LogP contribution in [-0.4, -0.2) is 77.5 Å². The molecule has 7 heteroatoms. The molecule has 3 fully saturated rings. The molecule has 7 nitrogen and oxygen atoms in total. The number of aromatic nitrogens is 2. The fourth-order valence-corrected chi connectivity index (χ4v) is 4.50. The Bertz CT molecular complexity index is 670. The van der Waals surface area contributed by atoms with E-state index in [-0.39, 0.29) is 5.91 Å². The molecule has 1 saturated carbocycles. The lowest BCUT2D eigenvalue weighted by atomic mass is 9.60. The molecule has 4 rings (SSSR count). The van der Waals surface area contributed by atoms with Crippen LogP contribution in [0.1, 0.15) is 19.8 Å². The first-order valence-electron chi connectivity index (χ1n) is 9.58. The second-order valence-corrected chi connectivity index (χ2v) is 7.83. The minimum Gasteiger partial charge on any atom is -0.367 e. The predicted octanol–water partition coefficient (Wildman–Crippen LogP) is 1.21. The summed E-state index contributed by atoms with van der Waals surface area (Å²) in [7, 11) is 0. The Balaban J connectivity index is 1.28. The van der Waals surface area contributed by atoms with Crippen molar-refractivity contribution in [1.29, 1.82) is 0 Å². The van der Waals surface area contributed by atoms with E-state index in [9.17, 15) is 4.79 Å². The average molecular weight is 356 g/mol. The van der Waals surface area contributed by atoms with E-state index >= 15 is 0 Å². The lowest BCUT2D eigenvalue weighted by molar-refractivity contribution is -0.144. The standard InChI is InChI=1S/C19H28N6O/c1-3-18(26)25-12-19(13-25)10-15(11-19)22-16-9-17(21-14-20-16)24-7-5-23(4-2)6-8-24/h3,9,14-15H,1,4-8,10-13H2,2H3,(H,20,21,22). The highest BCUT2D eigenvalue weighted by molar-refractivity contribution is 5.87. The molecule has 0 atom stereocenters. The van der Waals surface area contributed by atoms with Crippen molar-refractivity contribution in [3.63, 3.8) is 0 Å². The Morgan fingerprint density at radius 3 is 2.69 bits per heavy atom. The lowest BCUT2D eigenvalue weighted by Gasteiger charge is -2.59. The van der Waals surface area contributed by atoms with Crippen molar-refractivity contribution in [2.45, 2.75) is 25.8 Å². The molecule has 0 radical (unpaired) electrons. The van der Waals surface area contributed by atoms with Crippen molar-refractivity contribution in [3.8, 4) is 0 Å². The van der Waals surface area contributed by atoms with E-state index in [1.165, 1.54) is 6.08 Å². The summed E-state index contributed by atoms with van der Waals surface area (Å²) in [5, 5.41) is 3.55. The average Bonchev–Trinajstić information content (AvgIpc) is 2.62. The minimum absolute atomic E-state index is 0.0515. The van der Waals surface area contributed by atoms with E-state index in [0.717, 1.165) is 70.3 Å². The van der Waals surface area contributed by atoms with Gasteiger partial charge in [0.1, 0.15) is 18.0 Å². The molecule has 1 spiro atoms. The van der Waals surface area contributed by atoms with E-state index in [0.29, 0.717) is 11.5 Å². The van der Waals surface area contributed by atoms with Gasteiger partial charge in [-0.15, -0.1) is 0 Å². The van der Waals surface area contributed by atoms with Gasteiger partial charge in [-0.2, -0.15) is 0 Å². The molecular formula is C19H28N6O. The molecule has 1 amide bonds. The number of hydrogen-bond acceptors (Lipinski definition) is 6. The predicted molar refractivity (Wildman–Crippen MR) is 102 cm³/mol. The summed E-state index contributed by atoms with van der Waals surface area (Å²) in [6, 6.07) is 2.51. The lowest BCUT2D eigenvalue weighted by Crippen LogP contribution is -2.65. The number of carbonyl (C=O) groups is 1. The zero-order valence-electron chi connectivity index (χ0n) is 15.5. The summed E-state index contributed by atoms with van der Waals surface area (Å²) in [6.45, 7) is 12.8. The van der Waals surface area contributed by atoms with Gasteiger partial charge in [-0.25, -0.2) is 9.97 Å². The van der Waals surface area contributed by atoms with Crippen molar-refractivity contribution in [2.24, 2.45) is 5.41 Å². The van der Waals surface area contributed by atoms with Crippen LogP contribution >= 0.6 is 0 Å². The Morgan fingerprint density at radius 1 is 1.31 bits per heavy atom. The molecule has 3 heterocycles. The maximum atomic E-state index is 11.6. The third-order valence-corrected chi connectivity index (χ3v) is 6.05. The smallest absolute Gasteiger partial charge is 0.245 e. The van der Waals surface area contributed by atoms with Crippen LogP contribution in [0.5, 0.6) is 0 Å².